The van der Waals surface area contributed by atoms with Crippen LogP contribution in [-0.2, 0) is 7.05 Å². The number of aromatic nitrogens is 1. The van der Waals surface area contributed by atoms with Gasteiger partial charge in [-0.2, -0.15) is 0 Å². The Bertz CT molecular complexity index is 932. The minimum atomic E-state index is -0.524. The minimum absolute atomic E-state index is 0.0170. The second-order valence-corrected chi connectivity index (χ2v) is 6.06. The van der Waals surface area contributed by atoms with Crippen molar-refractivity contribution < 1.29 is 19.1 Å². The number of rotatable bonds is 7. The molecule has 0 spiro atoms. The van der Waals surface area contributed by atoms with Gasteiger partial charge in [-0.1, -0.05) is 0 Å². The van der Waals surface area contributed by atoms with Crippen LogP contribution in [-0.4, -0.2) is 48.6 Å². The molecule has 0 atom stereocenters. The highest BCUT2D eigenvalue weighted by Gasteiger charge is 2.19. The van der Waals surface area contributed by atoms with E-state index in [-0.39, 0.29) is 17.2 Å². The molecule has 28 heavy (non-hydrogen) atoms. The third-order valence-corrected chi connectivity index (χ3v) is 4.38. The summed E-state index contributed by atoms with van der Waals surface area (Å²) in [6, 6.07) is 6.14. The molecule has 0 saturated heterocycles. The normalized spacial score (nSPS) is 10.3. The Morgan fingerprint density at radius 2 is 1.79 bits per heavy atom. The lowest BCUT2D eigenvalue weighted by Crippen LogP contribution is -2.32. The summed E-state index contributed by atoms with van der Waals surface area (Å²) in [5.74, 6) is 0.113. The van der Waals surface area contributed by atoms with E-state index in [2.05, 4.69) is 5.32 Å². The van der Waals surface area contributed by atoms with E-state index in [1.54, 1.807) is 23.1 Å². The van der Waals surface area contributed by atoms with Gasteiger partial charge in [-0.15, -0.1) is 0 Å². The molecule has 2 aromatic rings. The van der Waals surface area contributed by atoms with Gasteiger partial charge in [-0.05, 0) is 32.0 Å². The monoisotopic (exact) mass is 387 g/mol. The highest BCUT2D eigenvalue weighted by molar-refractivity contribution is 6.06. The molecule has 150 valence electrons. The Morgan fingerprint density at radius 1 is 1.11 bits per heavy atom. The van der Waals surface area contributed by atoms with Crippen molar-refractivity contribution in [3.63, 3.8) is 0 Å². The van der Waals surface area contributed by atoms with Crippen molar-refractivity contribution in [3.05, 3.63) is 51.9 Å². The van der Waals surface area contributed by atoms with Gasteiger partial charge in [-0.25, -0.2) is 0 Å². The van der Waals surface area contributed by atoms with E-state index >= 15 is 0 Å². The molecule has 0 unspecified atom stereocenters. The zero-order valence-corrected chi connectivity index (χ0v) is 16.7. The maximum absolute atomic E-state index is 12.7. The number of pyridine rings is 1. The zero-order chi connectivity index (χ0) is 20.8. The molecule has 0 fully saturated rings. The second-order valence-electron chi connectivity index (χ2n) is 6.06. The van der Waals surface area contributed by atoms with E-state index in [0.29, 0.717) is 30.2 Å². The van der Waals surface area contributed by atoms with Crippen molar-refractivity contribution in [2.75, 3.05) is 32.6 Å². The Balaban J connectivity index is 2.39. The summed E-state index contributed by atoms with van der Waals surface area (Å²) in [6.07, 6.45) is 1.46. The fourth-order valence-corrected chi connectivity index (χ4v) is 2.79. The van der Waals surface area contributed by atoms with Crippen LogP contribution in [0.15, 0.2) is 35.3 Å². The quantitative estimate of drug-likeness (QED) is 0.786. The largest absolute Gasteiger partial charge is 0.497 e. The number of aryl methyl sites for hydroxylation is 1. The lowest BCUT2D eigenvalue weighted by molar-refractivity contribution is 0.0771. The van der Waals surface area contributed by atoms with Gasteiger partial charge in [0.2, 0.25) is 0 Å². The smallest absolute Gasteiger partial charge is 0.274 e. The Hall–Kier alpha value is -3.29. The molecular formula is C20H25N3O5. The third-order valence-electron chi connectivity index (χ3n) is 4.38. The predicted octanol–water partition coefficient (Wildman–Crippen LogP) is 2.14. The number of methoxy groups -OCH3 is 2. The first-order chi connectivity index (χ1) is 13.4. The van der Waals surface area contributed by atoms with Gasteiger partial charge in [0.15, 0.2) is 0 Å². The lowest BCUT2D eigenvalue weighted by atomic mass is 10.1. The maximum Gasteiger partial charge on any atom is 0.274 e. The highest BCUT2D eigenvalue weighted by atomic mass is 16.5. The summed E-state index contributed by atoms with van der Waals surface area (Å²) in [5.41, 5.74) is 0.161. The van der Waals surface area contributed by atoms with E-state index in [4.69, 9.17) is 9.47 Å². The zero-order valence-electron chi connectivity index (χ0n) is 16.7. The van der Waals surface area contributed by atoms with Crippen LogP contribution >= 0.6 is 0 Å². The molecule has 1 N–H and O–H groups in total. The second kappa shape index (κ2) is 9.07. The first-order valence-electron chi connectivity index (χ1n) is 8.89. The van der Waals surface area contributed by atoms with Gasteiger partial charge < -0.3 is 24.3 Å². The summed E-state index contributed by atoms with van der Waals surface area (Å²) in [7, 11) is 4.48. The predicted molar refractivity (Wildman–Crippen MR) is 106 cm³/mol. The molecule has 1 aromatic heterocycles. The molecule has 0 aliphatic rings. The van der Waals surface area contributed by atoms with E-state index in [1.807, 2.05) is 13.8 Å². The van der Waals surface area contributed by atoms with E-state index in [0.717, 1.165) is 0 Å². The molecule has 0 bridgehead atoms. The van der Waals surface area contributed by atoms with Crippen LogP contribution in [0.1, 0.15) is 34.6 Å². The van der Waals surface area contributed by atoms with Gasteiger partial charge in [0.05, 0.1) is 25.3 Å². The van der Waals surface area contributed by atoms with Crippen molar-refractivity contribution in [1.82, 2.24) is 9.47 Å². The topological polar surface area (TPSA) is 89.9 Å². The maximum atomic E-state index is 12.7. The first kappa shape index (κ1) is 21.0. The number of carbonyl (C=O) groups is 2. The summed E-state index contributed by atoms with van der Waals surface area (Å²) < 4.78 is 11.6. The average molecular weight is 387 g/mol. The number of nitrogens with zero attached hydrogens (tertiary/aromatic N) is 2. The summed E-state index contributed by atoms with van der Waals surface area (Å²) in [6.45, 7) is 4.84. The lowest BCUT2D eigenvalue weighted by Gasteiger charge is -2.19. The number of carbonyl (C=O) groups excluding carboxylic acids is 2. The van der Waals surface area contributed by atoms with Crippen molar-refractivity contribution in [3.8, 4) is 11.5 Å². The SMILES string of the molecule is CCN(CC)C(=O)c1cc(NC(=O)c2ccc(OC)cc2OC)c(=O)n(C)c1. The van der Waals surface area contributed by atoms with Crippen LogP contribution in [0.2, 0.25) is 0 Å². The van der Waals surface area contributed by atoms with Crippen LogP contribution < -0.4 is 20.3 Å². The Labute approximate surface area is 163 Å². The molecule has 0 radical (unpaired) electrons. The van der Waals surface area contributed by atoms with Gasteiger partial charge in [0, 0.05) is 32.4 Å². The van der Waals surface area contributed by atoms with Crippen LogP contribution in [0.4, 0.5) is 5.69 Å². The average Bonchev–Trinajstić information content (AvgIpc) is 2.71. The number of amides is 2. The number of hydrogen-bond acceptors (Lipinski definition) is 5. The third kappa shape index (κ3) is 4.33. The van der Waals surface area contributed by atoms with Crippen molar-refractivity contribution in [1.29, 1.82) is 0 Å². The number of benzene rings is 1. The van der Waals surface area contributed by atoms with Gasteiger partial charge in [0.1, 0.15) is 17.2 Å². The first-order valence-corrected chi connectivity index (χ1v) is 8.89. The fraction of sp³-hybridized carbons (Fsp3) is 0.350. The summed E-state index contributed by atoms with van der Waals surface area (Å²) in [5, 5.41) is 2.59. The highest BCUT2D eigenvalue weighted by Crippen LogP contribution is 2.25. The molecule has 0 aliphatic heterocycles. The molecule has 8 heteroatoms. The van der Waals surface area contributed by atoms with Crippen molar-refractivity contribution in [2.24, 2.45) is 7.05 Å². The van der Waals surface area contributed by atoms with Gasteiger partial charge >= 0.3 is 0 Å². The fourth-order valence-electron chi connectivity index (χ4n) is 2.79. The van der Waals surface area contributed by atoms with Gasteiger partial charge in [0.25, 0.3) is 17.4 Å². The Kier molecular flexibility index (Phi) is 6.81. The summed E-state index contributed by atoms with van der Waals surface area (Å²) in [4.78, 5) is 39.4. The van der Waals surface area contributed by atoms with Crippen molar-refractivity contribution in [2.45, 2.75) is 13.8 Å². The molecule has 1 aromatic carbocycles. The van der Waals surface area contributed by atoms with Crippen LogP contribution in [0, 0.1) is 0 Å². The van der Waals surface area contributed by atoms with E-state index in [1.165, 1.54) is 38.1 Å². The van der Waals surface area contributed by atoms with E-state index in [9.17, 15) is 14.4 Å². The molecule has 1 heterocycles. The Morgan fingerprint density at radius 3 is 2.36 bits per heavy atom. The molecule has 2 rings (SSSR count). The molecule has 2 amide bonds. The van der Waals surface area contributed by atoms with Crippen LogP contribution in [0.25, 0.3) is 0 Å². The van der Waals surface area contributed by atoms with Crippen LogP contribution in [0.5, 0.6) is 11.5 Å². The van der Waals surface area contributed by atoms with E-state index < -0.39 is 11.5 Å². The van der Waals surface area contributed by atoms with Gasteiger partial charge in [-0.3, -0.25) is 14.4 Å². The molecular weight excluding hydrogens is 362 g/mol. The number of hydrogen-bond donors (Lipinski definition) is 1. The standard InChI is InChI=1S/C20H25N3O5/c1-6-23(7-2)19(25)13-10-16(20(26)22(3)12-13)21-18(24)15-9-8-14(27-4)11-17(15)28-5/h8-12H,6-7H2,1-5H3,(H,21,24). The number of ether oxygens (including phenoxy) is 2. The van der Waals surface area contributed by atoms with Crippen molar-refractivity contribution >= 4 is 17.5 Å². The number of nitrogens with one attached hydrogen (secondary N) is 1. The number of anilines is 1. The molecule has 0 aliphatic carbocycles. The summed E-state index contributed by atoms with van der Waals surface area (Å²) >= 11 is 0. The molecule has 8 nitrogen and oxygen atoms in total. The molecule has 0 saturated carbocycles. The van der Waals surface area contributed by atoms with Crippen LogP contribution in [0.3, 0.4) is 0 Å². The minimum Gasteiger partial charge on any atom is -0.497 e.